The minimum atomic E-state index is -0.429. The molecular formula is C12H12N2O3. The first-order valence-electron chi connectivity index (χ1n) is 5.28. The number of aromatic amines is 1. The molecule has 1 heterocycles. The van der Waals surface area contributed by atoms with Crippen molar-refractivity contribution in [2.75, 3.05) is 0 Å². The summed E-state index contributed by atoms with van der Waals surface area (Å²) in [5, 5.41) is 2.57. The number of nitrogens with zero attached hydrogens (tertiary/aromatic N) is 1. The van der Waals surface area contributed by atoms with E-state index in [2.05, 4.69) is 5.10 Å². The van der Waals surface area contributed by atoms with Crippen molar-refractivity contribution in [1.29, 1.82) is 0 Å². The number of H-pyrrole nitrogens is 1. The van der Waals surface area contributed by atoms with Crippen LogP contribution in [0.2, 0.25) is 0 Å². The van der Waals surface area contributed by atoms with E-state index in [-0.39, 0.29) is 12.2 Å². The van der Waals surface area contributed by atoms with Crippen LogP contribution in [0.1, 0.15) is 13.3 Å². The van der Waals surface area contributed by atoms with Gasteiger partial charge in [0.15, 0.2) is 0 Å². The van der Waals surface area contributed by atoms with E-state index in [1.807, 2.05) is 30.3 Å². The molecule has 5 heteroatoms. The van der Waals surface area contributed by atoms with Crippen LogP contribution in [-0.2, 0) is 4.79 Å². The fourth-order valence-electron chi connectivity index (χ4n) is 1.37. The second-order valence-electron chi connectivity index (χ2n) is 3.47. The third kappa shape index (κ3) is 2.44. The number of benzene rings is 1. The Hall–Kier alpha value is -2.30. The normalized spacial score (nSPS) is 10.2. The highest BCUT2D eigenvalue weighted by molar-refractivity contribution is 5.71. The van der Waals surface area contributed by atoms with Gasteiger partial charge < -0.3 is 4.74 Å². The second kappa shape index (κ2) is 4.69. The van der Waals surface area contributed by atoms with Crippen LogP contribution >= 0.6 is 0 Å². The van der Waals surface area contributed by atoms with Crippen molar-refractivity contribution < 1.29 is 9.53 Å². The smallest absolute Gasteiger partial charge is 0.311 e. The van der Waals surface area contributed by atoms with Crippen LogP contribution in [0, 0.1) is 0 Å². The first kappa shape index (κ1) is 11.2. The average molecular weight is 232 g/mol. The van der Waals surface area contributed by atoms with Gasteiger partial charge in [-0.3, -0.25) is 19.4 Å². The number of rotatable bonds is 3. The van der Waals surface area contributed by atoms with Gasteiger partial charge in [0, 0.05) is 6.42 Å². The number of aromatic nitrogens is 2. The zero-order valence-corrected chi connectivity index (χ0v) is 9.34. The van der Waals surface area contributed by atoms with Gasteiger partial charge in [0.05, 0.1) is 11.9 Å². The number of carbonyl (C=O) groups is 1. The molecule has 0 aliphatic carbocycles. The van der Waals surface area contributed by atoms with Crippen molar-refractivity contribution >= 4 is 5.97 Å². The Morgan fingerprint density at radius 2 is 2.06 bits per heavy atom. The molecule has 0 radical (unpaired) electrons. The second-order valence-corrected chi connectivity index (χ2v) is 3.47. The largest absolute Gasteiger partial charge is 0.419 e. The van der Waals surface area contributed by atoms with E-state index in [9.17, 15) is 9.59 Å². The van der Waals surface area contributed by atoms with Crippen molar-refractivity contribution in [3.05, 3.63) is 46.9 Å². The summed E-state index contributed by atoms with van der Waals surface area (Å²) in [5.74, 6) is -0.415. The first-order chi connectivity index (χ1) is 8.20. The van der Waals surface area contributed by atoms with E-state index in [0.29, 0.717) is 0 Å². The van der Waals surface area contributed by atoms with Crippen LogP contribution in [0.25, 0.3) is 5.69 Å². The van der Waals surface area contributed by atoms with Gasteiger partial charge in [-0.15, -0.1) is 0 Å². The van der Waals surface area contributed by atoms with E-state index < -0.39 is 11.5 Å². The summed E-state index contributed by atoms with van der Waals surface area (Å²) in [6.45, 7) is 1.67. The van der Waals surface area contributed by atoms with Crippen LogP contribution < -0.4 is 10.3 Å². The van der Waals surface area contributed by atoms with Gasteiger partial charge in [-0.05, 0) is 12.1 Å². The minimum absolute atomic E-state index is 0.0145. The molecule has 2 rings (SSSR count). The van der Waals surface area contributed by atoms with Crippen molar-refractivity contribution in [2.24, 2.45) is 0 Å². The van der Waals surface area contributed by atoms with Crippen molar-refractivity contribution in [1.82, 2.24) is 9.78 Å². The zero-order chi connectivity index (χ0) is 12.3. The van der Waals surface area contributed by atoms with Crippen LogP contribution in [0.4, 0.5) is 0 Å². The number of carbonyl (C=O) groups excluding carboxylic acids is 1. The molecular weight excluding hydrogens is 220 g/mol. The van der Waals surface area contributed by atoms with E-state index in [1.54, 1.807) is 6.92 Å². The van der Waals surface area contributed by atoms with E-state index in [0.717, 1.165) is 5.69 Å². The number of esters is 1. The highest BCUT2D eigenvalue weighted by Gasteiger charge is 2.09. The molecule has 88 valence electrons. The molecule has 1 aromatic carbocycles. The molecule has 0 unspecified atom stereocenters. The van der Waals surface area contributed by atoms with Crippen LogP contribution in [-0.4, -0.2) is 15.7 Å². The summed E-state index contributed by atoms with van der Waals surface area (Å²) in [7, 11) is 0. The number of hydrogen-bond acceptors (Lipinski definition) is 3. The Balaban J connectivity index is 2.31. The SMILES string of the molecule is CCC(=O)Oc1cn(-c2ccccc2)[nH]c1=O. The standard InChI is InChI=1S/C12H12N2O3/c1-2-11(15)17-10-8-14(13-12(10)16)9-6-4-3-5-7-9/h3-8H,2H2,1H3,(H,13,16). The van der Waals surface area contributed by atoms with Gasteiger partial charge in [-0.25, -0.2) is 0 Å². The molecule has 17 heavy (non-hydrogen) atoms. The number of ether oxygens (including phenoxy) is 1. The van der Waals surface area contributed by atoms with Crippen LogP contribution in [0.5, 0.6) is 5.75 Å². The summed E-state index contributed by atoms with van der Waals surface area (Å²) in [5.41, 5.74) is 0.374. The van der Waals surface area contributed by atoms with Gasteiger partial charge in [-0.1, -0.05) is 25.1 Å². The zero-order valence-electron chi connectivity index (χ0n) is 9.34. The summed E-state index contributed by atoms with van der Waals surface area (Å²) in [6, 6.07) is 9.25. The third-order valence-electron chi connectivity index (χ3n) is 2.24. The van der Waals surface area contributed by atoms with Crippen molar-refractivity contribution in [2.45, 2.75) is 13.3 Å². The lowest BCUT2D eigenvalue weighted by molar-refractivity contribution is -0.134. The summed E-state index contributed by atoms with van der Waals surface area (Å²) in [6.07, 6.45) is 1.70. The van der Waals surface area contributed by atoms with Gasteiger partial charge in [0.1, 0.15) is 0 Å². The number of para-hydroxylation sites is 1. The maximum Gasteiger partial charge on any atom is 0.311 e. The Morgan fingerprint density at radius 3 is 2.71 bits per heavy atom. The quantitative estimate of drug-likeness (QED) is 0.815. The molecule has 1 N–H and O–H groups in total. The van der Waals surface area contributed by atoms with Gasteiger partial charge >= 0.3 is 11.5 Å². The number of hydrogen-bond donors (Lipinski definition) is 1. The monoisotopic (exact) mass is 232 g/mol. The first-order valence-corrected chi connectivity index (χ1v) is 5.28. The van der Waals surface area contributed by atoms with Crippen LogP contribution in [0.15, 0.2) is 41.3 Å². The van der Waals surface area contributed by atoms with Gasteiger partial charge in [-0.2, -0.15) is 0 Å². The maximum atomic E-state index is 11.5. The molecule has 0 saturated carbocycles. The molecule has 0 aliphatic rings. The molecule has 1 aromatic heterocycles. The van der Waals surface area contributed by atoms with Crippen LogP contribution in [0.3, 0.4) is 0 Å². The van der Waals surface area contributed by atoms with E-state index in [1.165, 1.54) is 10.9 Å². The maximum absolute atomic E-state index is 11.5. The van der Waals surface area contributed by atoms with Gasteiger partial charge in [0.25, 0.3) is 0 Å². The number of nitrogens with one attached hydrogen (secondary N) is 1. The Kier molecular flexibility index (Phi) is 3.09. The Bertz CT molecular complexity index is 569. The highest BCUT2D eigenvalue weighted by atomic mass is 16.5. The molecule has 2 aromatic rings. The highest BCUT2D eigenvalue weighted by Crippen LogP contribution is 2.09. The lowest BCUT2D eigenvalue weighted by Gasteiger charge is -2.00. The van der Waals surface area contributed by atoms with Crippen molar-refractivity contribution in [3.8, 4) is 11.4 Å². The summed E-state index contributed by atoms with van der Waals surface area (Å²) in [4.78, 5) is 22.6. The molecule has 0 atom stereocenters. The van der Waals surface area contributed by atoms with Crippen molar-refractivity contribution in [3.63, 3.8) is 0 Å². The topological polar surface area (TPSA) is 64.1 Å². The molecule has 0 spiro atoms. The minimum Gasteiger partial charge on any atom is -0.419 e. The molecule has 0 fully saturated rings. The molecule has 0 amide bonds. The lowest BCUT2D eigenvalue weighted by Crippen LogP contribution is -2.12. The predicted molar refractivity (Wildman–Crippen MR) is 62.3 cm³/mol. The third-order valence-corrected chi connectivity index (χ3v) is 2.24. The molecule has 0 aliphatic heterocycles. The van der Waals surface area contributed by atoms with Gasteiger partial charge in [0.2, 0.25) is 5.75 Å². The average Bonchev–Trinajstić information content (AvgIpc) is 2.72. The Morgan fingerprint density at radius 1 is 1.35 bits per heavy atom. The fourth-order valence-corrected chi connectivity index (χ4v) is 1.37. The molecule has 0 saturated heterocycles. The summed E-state index contributed by atoms with van der Waals surface area (Å²) < 4.78 is 6.41. The molecule has 0 bridgehead atoms. The van der Waals surface area contributed by atoms with E-state index in [4.69, 9.17) is 4.74 Å². The summed E-state index contributed by atoms with van der Waals surface area (Å²) >= 11 is 0. The fraction of sp³-hybridized carbons (Fsp3) is 0.167. The Labute approximate surface area is 97.6 Å². The molecule has 5 nitrogen and oxygen atoms in total. The van der Waals surface area contributed by atoms with E-state index >= 15 is 0 Å². The predicted octanol–water partition coefficient (Wildman–Crippen LogP) is 1.48. The lowest BCUT2D eigenvalue weighted by atomic mass is 10.3.